The van der Waals surface area contributed by atoms with Gasteiger partial charge in [0.25, 0.3) is 0 Å². The van der Waals surface area contributed by atoms with E-state index in [-0.39, 0.29) is 6.03 Å². The van der Waals surface area contributed by atoms with E-state index in [4.69, 9.17) is 5.73 Å². The maximum Gasteiger partial charge on any atom is 0.315 e. The fourth-order valence-corrected chi connectivity index (χ4v) is 1.83. The van der Waals surface area contributed by atoms with E-state index in [2.05, 4.69) is 10.6 Å². The van der Waals surface area contributed by atoms with Crippen molar-refractivity contribution < 1.29 is 4.79 Å². The molecule has 1 unspecified atom stereocenters. The van der Waals surface area contributed by atoms with Crippen molar-refractivity contribution in [3.8, 4) is 0 Å². The second-order valence-electron chi connectivity index (χ2n) is 4.53. The summed E-state index contributed by atoms with van der Waals surface area (Å²) in [5.41, 5.74) is 5.47. The van der Waals surface area contributed by atoms with Crippen molar-refractivity contribution in [2.24, 2.45) is 11.7 Å². The zero-order valence-corrected chi connectivity index (χ0v) is 9.59. The number of nitrogens with one attached hydrogen (secondary N) is 2. The van der Waals surface area contributed by atoms with Crippen molar-refractivity contribution in [1.82, 2.24) is 10.6 Å². The Labute approximate surface area is 92.0 Å². The van der Waals surface area contributed by atoms with Crippen LogP contribution < -0.4 is 16.4 Å². The lowest BCUT2D eigenvalue weighted by atomic mass is 9.96. The van der Waals surface area contributed by atoms with Crippen LogP contribution in [0.3, 0.4) is 0 Å². The third-order valence-corrected chi connectivity index (χ3v) is 2.95. The van der Waals surface area contributed by atoms with Crippen LogP contribution in [-0.2, 0) is 0 Å². The molecule has 2 amide bonds. The number of amides is 2. The van der Waals surface area contributed by atoms with Gasteiger partial charge in [0.15, 0.2) is 0 Å². The van der Waals surface area contributed by atoms with Crippen LogP contribution in [0.1, 0.15) is 39.0 Å². The fraction of sp³-hybridized carbons (Fsp3) is 0.909. The monoisotopic (exact) mass is 213 g/mol. The number of hydrogen-bond acceptors (Lipinski definition) is 2. The van der Waals surface area contributed by atoms with Gasteiger partial charge in [0, 0.05) is 12.6 Å². The molecule has 88 valence electrons. The van der Waals surface area contributed by atoms with Crippen LogP contribution in [-0.4, -0.2) is 25.2 Å². The summed E-state index contributed by atoms with van der Waals surface area (Å²) in [5.74, 6) is 0.349. The standard InChI is InChI=1S/C11H23N3O/c1-9(7-12)8-13-11(15)14-10-5-3-2-4-6-10/h9-10H,2-8,12H2,1H3,(H2,13,14,15). The molecular formula is C11H23N3O. The molecule has 0 aromatic rings. The predicted octanol–water partition coefficient (Wildman–Crippen LogP) is 1.21. The van der Waals surface area contributed by atoms with Crippen molar-refractivity contribution in [3.63, 3.8) is 0 Å². The van der Waals surface area contributed by atoms with E-state index in [1.165, 1.54) is 19.3 Å². The minimum atomic E-state index is -0.0396. The summed E-state index contributed by atoms with van der Waals surface area (Å²) in [7, 11) is 0. The lowest BCUT2D eigenvalue weighted by molar-refractivity contribution is 0.231. The molecule has 0 aromatic carbocycles. The van der Waals surface area contributed by atoms with Crippen molar-refractivity contribution in [3.05, 3.63) is 0 Å². The van der Waals surface area contributed by atoms with Crippen LogP contribution >= 0.6 is 0 Å². The molecular weight excluding hydrogens is 190 g/mol. The zero-order chi connectivity index (χ0) is 11.1. The van der Waals surface area contributed by atoms with Crippen LogP contribution in [0.15, 0.2) is 0 Å². The Balaban J connectivity index is 2.11. The average molecular weight is 213 g/mol. The minimum Gasteiger partial charge on any atom is -0.338 e. The highest BCUT2D eigenvalue weighted by Gasteiger charge is 2.15. The van der Waals surface area contributed by atoms with Gasteiger partial charge in [0.2, 0.25) is 0 Å². The molecule has 15 heavy (non-hydrogen) atoms. The normalized spacial score (nSPS) is 19.6. The molecule has 0 saturated heterocycles. The molecule has 1 aliphatic rings. The quantitative estimate of drug-likeness (QED) is 0.657. The molecule has 1 rings (SSSR count). The highest BCUT2D eigenvalue weighted by molar-refractivity contribution is 5.74. The van der Waals surface area contributed by atoms with Crippen LogP contribution in [0.5, 0.6) is 0 Å². The summed E-state index contributed by atoms with van der Waals surface area (Å²) in [6.45, 7) is 3.31. The Morgan fingerprint density at radius 3 is 2.67 bits per heavy atom. The van der Waals surface area contributed by atoms with E-state index in [0.717, 1.165) is 12.8 Å². The summed E-state index contributed by atoms with van der Waals surface area (Å²) in [6.07, 6.45) is 6.04. The molecule has 0 spiro atoms. The molecule has 0 radical (unpaired) electrons. The predicted molar refractivity (Wildman–Crippen MR) is 61.6 cm³/mol. The van der Waals surface area contributed by atoms with Gasteiger partial charge < -0.3 is 16.4 Å². The van der Waals surface area contributed by atoms with Gasteiger partial charge in [0.1, 0.15) is 0 Å². The first-order chi connectivity index (χ1) is 7.22. The summed E-state index contributed by atoms with van der Waals surface area (Å²) in [4.78, 5) is 11.5. The van der Waals surface area contributed by atoms with Crippen LogP contribution in [0.25, 0.3) is 0 Å². The molecule has 0 bridgehead atoms. The topological polar surface area (TPSA) is 67.1 Å². The first-order valence-electron chi connectivity index (χ1n) is 5.96. The van der Waals surface area contributed by atoms with Gasteiger partial charge in [0.05, 0.1) is 0 Å². The minimum absolute atomic E-state index is 0.0396. The fourth-order valence-electron chi connectivity index (χ4n) is 1.83. The maximum absolute atomic E-state index is 11.5. The third-order valence-electron chi connectivity index (χ3n) is 2.95. The summed E-state index contributed by atoms with van der Waals surface area (Å²) >= 11 is 0. The van der Waals surface area contributed by atoms with E-state index in [1.54, 1.807) is 0 Å². The van der Waals surface area contributed by atoms with E-state index < -0.39 is 0 Å². The Kier molecular flexibility index (Phi) is 5.47. The molecule has 1 atom stereocenters. The Hall–Kier alpha value is -0.770. The smallest absolute Gasteiger partial charge is 0.315 e. The number of carbonyl (C=O) groups is 1. The molecule has 4 heteroatoms. The second kappa shape index (κ2) is 6.67. The van der Waals surface area contributed by atoms with Crippen molar-refractivity contribution in [2.45, 2.75) is 45.1 Å². The van der Waals surface area contributed by atoms with E-state index in [1.807, 2.05) is 6.92 Å². The lowest BCUT2D eigenvalue weighted by Crippen LogP contribution is -2.44. The molecule has 4 N–H and O–H groups in total. The molecule has 4 nitrogen and oxygen atoms in total. The number of urea groups is 1. The highest BCUT2D eigenvalue weighted by Crippen LogP contribution is 2.17. The van der Waals surface area contributed by atoms with E-state index >= 15 is 0 Å². The molecule has 0 aliphatic heterocycles. The van der Waals surface area contributed by atoms with Crippen molar-refractivity contribution >= 4 is 6.03 Å². The number of carbonyl (C=O) groups excluding carboxylic acids is 1. The first-order valence-corrected chi connectivity index (χ1v) is 5.96. The van der Waals surface area contributed by atoms with Crippen LogP contribution in [0, 0.1) is 5.92 Å². The molecule has 1 saturated carbocycles. The number of rotatable bonds is 4. The van der Waals surface area contributed by atoms with Crippen molar-refractivity contribution in [2.75, 3.05) is 13.1 Å². The molecule has 1 aliphatic carbocycles. The van der Waals surface area contributed by atoms with Gasteiger partial charge in [-0.1, -0.05) is 26.2 Å². The molecule has 0 aromatic heterocycles. The van der Waals surface area contributed by atoms with Gasteiger partial charge in [-0.2, -0.15) is 0 Å². The van der Waals surface area contributed by atoms with Crippen LogP contribution in [0.4, 0.5) is 4.79 Å². The van der Waals surface area contributed by atoms with Gasteiger partial charge in [-0.3, -0.25) is 0 Å². The first kappa shape index (κ1) is 12.3. The second-order valence-corrected chi connectivity index (χ2v) is 4.53. The van der Waals surface area contributed by atoms with Crippen LogP contribution in [0.2, 0.25) is 0 Å². The van der Waals surface area contributed by atoms with Gasteiger partial charge in [-0.15, -0.1) is 0 Å². The Bertz CT molecular complexity index is 190. The average Bonchev–Trinajstić information content (AvgIpc) is 2.27. The number of nitrogens with two attached hydrogens (primary N) is 1. The summed E-state index contributed by atoms with van der Waals surface area (Å²) in [5, 5.41) is 5.86. The van der Waals surface area contributed by atoms with Gasteiger partial charge >= 0.3 is 6.03 Å². The van der Waals surface area contributed by atoms with Gasteiger partial charge in [-0.25, -0.2) is 4.79 Å². The van der Waals surface area contributed by atoms with Crippen molar-refractivity contribution in [1.29, 1.82) is 0 Å². The maximum atomic E-state index is 11.5. The molecule has 1 fully saturated rings. The highest BCUT2D eigenvalue weighted by atomic mass is 16.2. The Morgan fingerprint density at radius 1 is 1.40 bits per heavy atom. The largest absolute Gasteiger partial charge is 0.338 e. The van der Waals surface area contributed by atoms with Gasteiger partial charge in [-0.05, 0) is 25.3 Å². The zero-order valence-electron chi connectivity index (χ0n) is 9.59. The molecule has 0 heterocycles. The van der Waals surface area contributed by atoms with E-state index in [0.29, 0.717) is 25.0 Å². The Morgan fingerprint density at radius 2 is 2.07 bits per heavy atom. The lowest BCUT2D eigenvalue weighted by Gasteiger charge is -2.23. The third kappa shape index (κ3) is 5.02. The summed E-state index contributed by atoms with van der Waals surface area (Å²) in [6, 6.07) is 0.342. The SMILES string of the molecule is CC(CN)CNC(=O)NC1CCCCC1. The summed E-state index contributed by atoms with van der Waals surface area (Å²) < 4.78 is 0. The number of hydrogen-bond donors (Lipinski definition) is 3. The van der Waals surface area contributed by atoms with E-state index in [9.17, 15) is 4.79 Å².